The third-order valence-corrected chi connectivity index (χ3v) is 15.2. The number of pyridine rings is 1. The van der Waals surface area contributed by atoms with E-state index in [9.17, 15) is 34.2 Å². The number of fused-ring (bicyclic) bond motifs is 6. The van der Waals surface area contributed by atoms with Gasteiger partial charge in [0.05, 0.1) is 12.0 Å². The molecule has 0 radical (unpaired) electrons. The van der Waals surface area contributed by atoms with Gasteiger partial charge in [0.1, 0.15) is 23.5 Å². The number of esters is 2. The lowest BCUT2D eigenvalue weighted by Crippen LogP contribution is -2.69. The fraction of sp³-hybridized carbons (Fsp3) is 0.453. The lowest BCUT2D eigenvalue weighted by molar-refractivity contribution is -0.219. The van der Waals surface area contributed by atoms with Crippen LogP contribution in [0.3, 0.4) is 0 Å². The molecule has 0 aliphatic heterocycles. The van der Waals surface area contributed by atoms with Crippen LogP contribution in [-0.4, -0.2) is 90.5 Å². The zero-order chi connectivity index (χ0) is 49.8. The molecule has 3 saturated carbocycles. The van der Waals surface area contributed by atoms with Gasteiger partial charge in [-0.25, -0.2) is 14.0 Å². The highest BCUT2D eigenvalue weighted by Crippen LogP contribution is 2.70. The molecule has 4 aliphatic rings. The van der Waals surface area contributed by atoms with Gasteiger partial charge in [-0.05, 0) is 119 Å². The standard InChI is InChI=1S/C53H60FN5O10/c1-30-21-41-40-16-14-36-23-38(60)17-19-50(36,6)52(40,54)44(61)25-51(41,7)53(30,66)45(62)29-68-48(65)43-24-42(58-59(43)8)47(64)67-28-32-9-11-33(12-10-32)39(27-56-31(2)69-49(3,4)5)46(63)57-37-15-13-35-26-55-20-18-34(35)22-37/h9-13,15,17-20,22-24,26,30,39-41,44,56,61,66H,2,14,16,21,25,27-29H2,1,3-8H3,(H,57,63)/t30-,39+,40-,41-,44-,50-,51-,52-,53-/m0/s1. The number of nitrogens with one attached hydrogen (secondary N) is 2. The highest BCUT2D eigenvalue weighted by Gasteiger charge is 2.75. The molecule has 2 heterocycles. The van der Waals surface area contributed by atoms with E-state index in [1.165, 1.54) is 25.3 Å². The molecule has 8 rings (SSSR count). The van der Waals surface area contributed by atoms with Gasteiger partial charge in [-0.2, -0.15) is 5.10 Å². The van der Waals surface area contributed by atoms with Crippen LogP contribution in [0.15, 0.2) is 103 Å². The van der Waals surface area contributed by atoms with E-state index in [1.807, 2.05) is 45.0 Å². The number of aliphatic hydroxyl groups excluding tert-OH is 1. The van der Waals surface area contributed by atoms with Crippen LogP contribution >= 0.6 is 0 Å². The molecular weight excluding hydrogens is 886 g/mol. The van der Waals surface area contributed by atoms with Gasteiger partial charge in [0, 0.05) is 59.9 Å². The van der Waals surface area contributed by atoms with E-state index in [2.05, 4.69) is 27.3 Å². The number of nitrogens with zero attached hydrogens (tertiary/aromatic N) is 3. The molecule has 4 aromatic rings. The number of carbonyl (C=O) groups is 5. The first-order valence-corrected chi connectivity index (χ1v) is 23.3. The van der Waals surface area contributed by atoms with E-state index in [-0.39, 0.29) is 42.7 Å². The first kappa shape index (κ1) is 48.9. The van der Waals surface area contributed by atoms with Crippen LogP contribution in [0.2, 0.25) is 0 Å². The normalized spacial score (nSPS) is 28.6. The van der Waals surface area contributed by atoms with E-state index in [0.29, 0.717) is 47.5 Å². The summed E-state index contributed by atoms with van der Waals surface area (Å²) in [6.07, 6.45) is 7.06. The zero-order valence-electron chi connectivity index (χ0n) is 40.0. The van der Waals surface area contributed by atoms with Gasteiger partial charge < -0.3 is 35.1 Å². The second-order valence-corrected chi connectivity index (χ2v) is 20.5. The summed E-state index contributed by atoms with van der Waals surface area (Å²) in [6, 6.07) is 15.6. The number of aliphatic hydroxyl groups is 2. The van der Waals surface area contributed by atoms with Gasteiger partial charge in [-0.1, -0.05) is 55.8 Å². The number of aryl methyl sites for hydroxylation is 1. The molecule has 0 unspecified atom stereocenters. The number of ketones is 2. The van der Waals surface area contributed by atoms with Crippen molar-refractivity contribution in [1.82, 2.24) is 20.1 Å². The minimum atomic E-state index is -2.14. The number of ether oxygens (including phenoxy) is 3. The van der Waals surface area contributed by atoms with Crippen molar-refractivity contribution in [2.75, 3.05) is 18.5 Å². The number of Topliss-reactive ketones (excluding diaryl/α,β-unsaturated/α-hetero) is 1. The Hall–Kier alpha value is -6.52. The van der Waals surface area contributed by atoms with Crippen LogP contribution in [0.5, 0.6) is 0 Å². The monoisotopic (exact) mass is 945 g/mol. The number of hydrogen-bond donors (Lipinski definition) is 4. The zero-order valence-corrected chi connectivity index (χ0v) is 40.0. The van der Waals surface area contributed by atoms with Crippen molar-refractivity contribution in [3.05, 3.63) is 126 Å². The molecule has 69 heavy (non-hydrogen) atoms. The Kier molecular flexibility index (Phi) is 12.8. The fourth-order valence-electron chi connectivity index (χ4n) is 11.7. The summed E-state index contributed by atoms with van der Waals surface area (Å²) in [5.74, 6) is -5.35. The molecule has 0 saturated heterocycles. The number of amides is 1. The minimum Gasteiger partial charge on any atom is -0.474 e. The lowest BCUT2D eigenvalue weighted by atomic mass is 9.44. The molecule has 364 valence electrons. The van der Waals surface area contributed by atoms with Crippen LogP contribution < -0.4 is 10.6 Å². The van der Waals surface area contributed by atoms with Crippen LogP contribution in [0.1, 0.15) is 105 Å². The quantitative estimate of drug-likeness (QED) is 0.0743. The minimum absolute atomic E-state index is 0.155. The summed E-state index contributed by atoms with van der Waals surface area (Å²) in [4.78, 5) is 70.9. The Bertz CT molecular complexity index is 2800. The van der Waals surface area contributed by atoms with E-state index >= 15 is 4.39 Å². The molecule has 15 nitrogen and oxygen atoms in total. The Morgan fingerprint density at radius 3 is 2.48 bits per heavy atom. The average Bonchev–Trinajstić information content (AvgIpc) is 3.78. The number of aromatic nitrogens is 3. The molecule has 1 amide bonds. The van der Waals surface area contributed by atoms with Gasteiger partial charge >= 0.3 is 11.9 Å². The first-order valence-electron chi connectivity index (χ1n) is 23.3. The molecule has 2 aromatic heterocycles. The highest BCUT2D eigenvalue weighted by molar-refractivity contribution is 6.01. The maximum atomic E-state index is 17.6. The summed E-state index contributed by atoms with van der Waals surface area (Å²) in [6.45, 7) is 13.9. The van der Waals surface area contributed by atoms with Crippen molar-refractivity contribution in [1.29, 1.82) is 0 Å². The van der Waals surface area contributed by atoms with Crippen LogP contribution in [0, 0.1) is 28.6 Å². The molecule has 0 bridgehead atoms. The van der Waals surface area contributed by atoms with Crippen molar-refractivity contribution >= 4 is 45.9 Å². The number of halogens is 1. The van der Waals surface area contributed by atoms with Crippen LogP contribution in [-0.2, 0) is 42.2 Å². The maximum absolute atomic E-state index is 17.6. The summed E-state index contributed by atoms with van der Waals surface area (Å²) in [5, 5.41) is 36.2. The molecule has 0 spiro atoms. The number of rotatable bonds is 14. The third-order valence-electron chi connectivity index (χ3n) is 15.2. The molecule has 2 aromatic carbocycles. The second-order valence-electron chi connectivity index (χ2n) is 20.5. The predicted octanol–water partition coefficient (Wildman–Crippen LogP) is 7.00. The van der Waals surface area contributed by atoms with E-state index in [4.69, 9.17) is 14.2 Å². The van der Waals surface area contributed by atoms with Crippen molar-refractivity contribution < 1.29 is 52.8 Å². The van der Waals surface area contributed by atoms with Crippen LogP contribution in [0.25, 0.3) is 10.8 Å². The molecule has 16 heteroatoms. The van der Waals surface area contributed by atoms with E-state index in [1.54, 1.807) is 63.5 Å². The second kappa shape index (κ2) is 18.1. The number of alkyl halides is 1. The van der Waals surface area contributed by atoms with Gasteiger partial charge in [0.2, 0.25) is 11.7 Å². The van der Waals surface area contributed by atoms with Crippen molar-refractivity contribution in [3.8, 4) is 0 Å². The predicted molar refractivity (Wildman–Crippen MR) is 253 cm³/mol. The molecule has 3 fully saturated rings. The maximum Gasteiger partial charge on any atom is 0.359 e. The van der Waals surface area contributed by atoms with Gasteiger partial charge in [0.15, 0.2) is 29.6 Å². The van der Waals surface area contributed by atoms with Gasteiger partial charge in [0.25, 0.3) is 0 Å². The van der Waals surface area contributed by atoms with E-state index in [0.717, 1.165) is 15.5 Å². The smallest absolute Gasteiger partial charge is 0.359 e. The van der Waals surface area contributed by atoms with Crippen molar-refractivity contribution in [3.63, 3.8) is 0 Å². The van der Waals surface area contributed by atoms with E-state index < -0.39 is 81.8 Å². The number of allylic oxidation sites excluding steroid dienone is 4. The highest BCUT2D eigenvalue weighted by atomic mass is 19.1. The Balaban J connectivity index is 0.892. The third kappa shape index (κ3) is 8.77. The number of hydrogen-bond acceptors (Lipinski definition) is 13. The number of benzene rings is 2. The van der Waals surface area contributed by atoms with Gasteiger partial charge in [-0.3, -0.25) is 24.0 Å². The number of carbonyl (C=O) groups excluding carboxylic acids is 5. The molecular formula is C53H60FN5O10. The lowest BCUT2D eigenvalue weighted by Gasteiger charge is -2.62. The SMILES string of the molecule is C=C(NC[C@@H](C(=O)Nc1ccc2cnccc2c1)c1ccc(COC(=O)c2cc(C(=O)OCC(=O)[C@@]3(O)[C@@H](C)C[C@H]4[C@@H]5CCC6=CC(=O)C=C[C@]6(C)[C@@]5(F)[C@@H](O)C[C@@]43C)n(C)n2)cc1)OC(C)(C)C. The first-order chi connectivity index (χ1) is 32.5. The largest absolute Gasteiger partial charge is 0.474 e. The Morgan fingerprint density at radius 1 is 1.01 bits per heavy atom. The molecule has 9 atom stereocenters. The summed E-state index contributed by atoms with van der Waals surface area (Å²) < 4.78 is 35.6. The summed E-state index contributed by atoms with van der Waals surface area (Å²) in [5.41, 5.74) is -5.03. The number of anilines is 1. The average molecular weight is 946 g/mol. The van der Waals surface area contributed by atoms with Crippen LogP contribution in [0.4, 0.5) is 10.1 Å². The van der Waals surface area contributed by atoms with Gasteiger partial charge in [-0.15, -0.1) is 0 Å². The summed E-state index contributed by atoms with van der Waals surface area (Å²) >= 11 is 0. The topological polar surface area (TPSA) is 208 Å². The Morgan fingerprint density at radius 2 is 1.75 bits per heavy atom. The van der Waals surface area contributed by atoms with Crippen molar-refractivity contribution in [2.24, 2.45) is 35.6 Å². The molecule has 4 aliphatic carbocycles. The fourth-order valence-corrected chi connectivity index (χ4v) is 11.7. The molecule has 4 N–H and O–H groups in total. The Labute approximate surface area is 400 Å². The van der Waals surface area contributed by atoms with Crippen molar-refractivity contribution in [2.45, 2.75) is 103 Å². The summed E-state index contributed by atoms with van der Waals surface area (Å²) in [7, 11) is 1.42.